The number of aryl methyl sites for hydroxylation is 1. The molecule has 0 saturated carbocycles. The second kappa shape index (κ2) is 7.40. The van der Waals surface area contributed by atoms with Gasteiger partial charge in [-0.2, -0.15) is 0 Å². The summed E-state index contributed by atoms with van der Waals surface area (Å²) in [4.78, 5) is 23.6. The molecule has 1 N–H and O–H groups in total. The highest BCUT2D eigenvalue weighted by Gasteiger charge is 2.17. The molecule has 2 rings (SSSR count). The number of aromatic hydroxyl groups is 1. The fraction of sp³-hybridized carbons (Fsp3) is 0.158. The van der Waals surface area contributed by atoms with Gasteiger partial charge in [-0.3, -0.25) is 4.79 Å². The highest BCUT2D eigenvalue weighted by Crippen LogP contribution is 2.28. The van der Waals surface area contributed by atoms with E-state index in [9.17, 15) is 14.7 Å². The van der Waals surface area contributed by atoms with Gasteiger partial charge in [0.15, 0.2) is 5.78 Å². The number of carbonyl (C=O) groups excluding carboxylic acids is 2. The normalized spacial score (nSPS) is 10.1. The summed E-state index contributed by atoms with van der Waals surface area (Å²) in [6.45, 7) is 5.27. The summed E-state index contributed by atoms with van der Waals surface area (Å²) in [5.74, 6) is -0.820. The molecule has 0 radical (unpaired) electrons. The second-order valence-electron chi connectivity index (χ2n) is 5.07. The van der Waals surface area contributed by atoms with Gasteiger partial charge in [-0.05, 0) is 18.6 Å². The summed E-state index contributed by atoms with van der Waals surface area (Å²) in [6.07, 6.45) is 1.41. The Labute approximate surface area is 135 Å². The van der Waals surface area contributed by atoms with Gasteiger partial charge in [0.05, 0.1) is 12.2 Å². The number of phenols is 1. The molecule has 0 atom stereocenters. The van der Waals surface area contributed by atoms with Crippen molar-refractivity contribution in [3.63, 3.8) is 0 Å². The van der Waals surface area contributed by atoms with E-state index < -0.39 is 5.97 Å². The first-order valence-electron chi connectivity index (χ1n) is 7.25. The Bertz CT molecular complexity index is 733. The molecule has 4 heteroatoms. The summed E-state index contributed by atoms with van der Waals surface area (Å²) >= 11 is 0. The van der Waals surface area contributed by atoms with E-state index in [-0.39, 0.29) is 23.7 Å². The van der Waals surface area contributed by atoms with Crippen molar-refractivity contribution < 1.29 is 19.4 Å². The van der Waals surface area contributed by atoms with Crippen LogP contribution < -0.4 is 0 Å². The van der Waals surface area contributed by atoms with Crippen LogP contribution in [-0.2, 0) is 16.0 Å². The Morgan fingerprint density at radius 2 is 1.87 bits per heavy atom. The zero-order valence-corrected chi connectivity index (χ0v) is 12.9. The van der Waals surface area contributed by atoms with Gasteiger partial charge in [-0.25, -0.2) is 4.79 Å². The molecule has 4 nitrogen and oxygen atoms in total. The molecule has 0 bridgehead atoms. The van der Waals surface area contributed by atoms with E-state index in [1.165, 1.54) is 0 Å². The van der Waals surface area contributed by atoms with Crippen molar-refractivity contribution in [1.29, 1.82) is 0 Å². The van der Waals surface area contributed by atoms with E-state index in [1.54, 1.807) is 36.4 Å². The number of carbonyl (C=O) groups is 2. The quantitative estimate of drug-likeness (QED) is 0.505. The molecule has 0 aliphatic heterocycles. The lowest BCUT2D eigenvalue weighted by Crippen LogP contribution is -2.08. The van der Waals surface area contributed by atoms with Crippen molar-refractivity contribution in [2.45, 2.75) is 13.3 Å². The monoisotopic (exact) mass is 310 g/mol. The minimum absolute atomic E-state index is 0.0616. The third-order valence-electron chi connectivity index (χ3n) is 3.56. The van der Waals surface area contributed by atoms with E-state index in [2.05, 4.69) is 6.58 Å². The Hall–Kier alpha value is -2.88. The Kier molecular flexibility index (Phi) is 5.31. The molecule has 118 valence electrons. The van der Waals surface area contributed by atoms with Crippen LogP contribution in [0.25, 0.3) is 0 Å². The molecule has 0 spiro atoms. The first-order chi connectivity index (χ1) is 11.0. The van der Waals surface area contributed by atoms with Gasteiger partial charge < -0.3 is 9.84 Å². The molecule has 2 aromatic carbocycles. The predicted molar refractivity (Wildman–Crippen MR) is 87.6 cm³/mol. The van der Waals surface area contributed by atoms with Crippen molar-refractivity contribution in [2.75, 3.05) is 6.61 Å². The van der Waals surface area contributed by atoms with Gasteiger partial charge in [-0.15, -0.1) is 0 Å². The minimum atomic E-state index is -0.515. The molecule has 0 heterocycles. The smallest absolute Gasteiger partial charge is 0.330 e. The number of hydrogen-bond acceptors (Lipinski definition) is 4. The van der Waals surface area contributed by atoms with Crippen molar-refractivity contribution in [2.24, 2.45) is 0 Å². The molecule has 0 aliphatic rings. The number of phenolic OH excluding ortho intramolecular Hbond substituents is 1. The standard InChI is InChI=1S/C19H18O4/c1-3-17(20)23-12-11-15-13(2)9-10-16(19(15)22)18(21)14-7-5-4-6-8-14/h3-10,22H,1,11-12H2,2H3. The minimum Gasteiger partial charge on any atom is -0.507 e. The molecule has 0 fully saturated rings. The predicted octanol–water partition coefficient (Wildman–Crippen LogP) is 3.20. The fourth-order valence-electron chi connectivity index (χ4n) is 2.29. The van der Waals surface area contributed by atoms with Crippen LogP contribution in [0, 0.1) is 6.92 Å². The average molecular weight is 310 g/mol. The van der Waals surface area contributed by atoms with Crippen LogP contribution >= 0.6 is 0 Å². The Morgan fingerprint density at radius 3 is 2.52 bits per heavy atom. The SMILES string of the molecule is C=CC(=O)OCCc1c(C)ccc(C(=O)c2ccccc2)c1O. The van der Waals surface area contributed by atoms with Gasteiger partial charge in [0.2, 0.25) is 0 Å². The number of hydrogen-bond donors (Lipinski definition) is 1. The number of esters is 1. The van der Waals surface area contributed by atoms with Crippen LogP contribution in [0.5, 0.6) is 5.75 Å². The maximum Gasteiger partial charge on any atom is 0.330 e. The summed E-state index contributed by atoms with van der Waals surface area (Å²) < 4.78 is 4.94. The van der Waals surface area contributed by atoms with Gasteiger partial charge in [0, 0.05) is 23.6 Å². The van der Waals surface area contributed by atoms with Gasteiger partial charge in [0.1, 0.15) is 5.75 Å². The van der Waals surface area contributed by atoms with Crippen molar-refractivity contribution in [3.05, 3.63) is 77.4 Å². The van der Waals surface area contributed by atoms with E-state index in [1.807, 2.05) is 13.0 Å². The lowest BCUT2D eigenvalue weighted by Gasteiger charge is -2.12. The van der Waals surface area contributed by atoms with Crippen LogP contribution in [0.3, 0.4) is 0 Å². The maximum absolute atomic E-state index is 12.5. The molecular weight excluding hydrogens is 292 g/mol. The molecule has 0 saturated heterocycles. The van der Waals surface area contributed by atoms with Crippen LogP contribution in [0.4, 0.5) is 0 Å². The largest absolute Gasteiger partial charge is 0.507 e. The van der Waals surface area contributed by atoms with Crippen molar-refractivity contribution in [1.82, 2.24) is 0 Å². The third kappa shape index (κ3) is 3.86. The molecular formula is C19H18O4. The number of ether oxygens (including phenoxy) is 1. The van der Waals surface area contributed by atoms with E-state index in [0.717, 1.165) is 11.6 Å². The lowest BCUT2D eigenvalue weighted by molar-refractivity contribution is -0.137. The Balaban J connectivity index is 2.26. The first-order valence-corrected chi connectivity index (χ1v) is 7.25. The fourth-order valence-corrected chi connectivity index (χ4v) is 2.29. The molecule has 0 aliphatic carbocycles. The summed E-state index contributed by atoms with van der Waals surface area (Å²) in [7, 11) is 0. The number of rotatable bonds is 6. The van der Waals surface area contributed by atoms with E-state index >= 15 is 0 Å². The van der Waals surface area contributed by atoms with Crippen LogP contribution in [0.2, 0.25) is 0 Å². The molecule has 0 aromatic heterocycles. The third-order valence-corrected chi connectivity index (χ3v) is 3.56. The second-order valence-corrected chi connectivity index (χ2v) is 5.07. The van der Waals surface area contributed by atoms with Gasteiger partial charge in [-0.1, -0.05) is 43.0 Å². The number of ketones is 1. The Morgan fingerprint density at radius 1 is 1.17 bits per heavy atom. The molecule has 23 heavy (non-hydrogen) atoms. The van der Waals surface area contributed by atoms with Crippen LogP contribution in [0.15, 0.2) is 55.1 Å². The van der Waals surface area contributed by atoms with Crippen molar-refractivity contribution in [3.8, 4) is 5.75 Å². The summed E-state index contributed by atoms with van der Waals surface area (Å²) in [6, 6.07) is 12.2. The van der Waals surface area contributed by atoms with Gasteiger partial charge in [0.25, 0.3) is 0 Å². The van der Waals surface area contributed by atoms with Gasteiger partial charge >= 0.3 is 5.97 Å². The summed E-state index contributed by atoms with van der Waals surface area (Å²) in [5, 5.41) is 10.4. The lowest BCUT2D eigenvalue weighted by atomic mass is 9.96. The van der Waals surface area contributed by atoms with Crippen LogP contribution in [-0.4, -0.2) is 23.5 Å². The topological polar surface area (TPSA) is 63.6 Å². The molecule has 2 aromatic rings. The van der Waals surface area contributed by atoms with Crippen LogP contribution in [0.1, 0.15) is 27.0 Å². The maximum atomic E-state index is 12.5. The zero-order chi connectivity index (χ0) is 16.8. The summed E-state index contributed by atoms with van der Waals surface area (Å²) in [5.41, 5.74) is 2.19. The first kappa shape index (κ1) is 16.5. The van der Waals surface area contributed by atoms with E-state index in [0.29, 0.717) is 17.5 Å². The highest BCUT2D eigenvalue weighted by molar-refractivity contribution is 6.10. The average Bonchev–Trinajstić information content (AvgIpc) is 2.58. The molecule has 0 amide bonds. The zero-order valence-electron chi connectivity index (χ0n) is 12.9. The molecule has 0 unspecified atom stereocenters. The highest BCUT2D eigenvalue weighted by atomic mass is 16.5. The van der Waals surface area contributed by atoms with Crippen molar-refractivity contribution >= 4 is 11.8 Å². The number of benzene rings is 2. The van der Waals surface area contributed by atoms with E-state index in [4.69, 9.17) is 4.74 Å².